The van der Waals surface area contributed by atoms with Crippen LogP contribution in [0.15, 0.2) is 12.2 Å². The largest absolute Gasteiger partial charge is 0.547 e. The molecule has 0 aliphatic carbocycles. The third kappa shape index (κ3) is 3.11. The molecular formula is C9H6N2O7S2. The lowest BCUT2D eigenvalue weighted by atomic mass is 10.4. The summed E-state index contributed by atoms with van der Waals surface area (Å²) >= 11 is 0.389. The third-order valence-electron chi connectivity index (χ3n) is 2.15. The molecule has 9 nitrogen and oxygen atoms in total. The van der Waals surface area contributed by atoms with E-state index in [1.807, 2.05) is 0 Å². The molecule has 0 saturated carbocycles. The zero-order chi connectivity index (χ0) is 14.7. The molecule has 20 heavy (non-hydrogen) atoms. The van der Waals surface area contributed by atoms with Gasteiger partial charge < -0.3 is 4.18 Å². The van der Waals surface area contributed by atoms with Crippen LogP contribution in [0.1, 0.15) is 12.8 Å². The molecule has 2 rings (SSSR count). The van der Waals surface area contributed by atoms with Gasteiger partial charge in [0, 0.05) is 25.0 Å². The number of rotatable bonds is 4. The Bertz CT molecular complexity index is 498. The molecule has 4 amide bonds. The van der Waals surface area contributed by atoms with Crippen LogP contribution in [-0.2, 0) is 28.2 Å². The van der Waals surface area contributed by atoms with Crippen molar-refractivity contribution >= 4 is 51.8 Å². The van der Waals surface area contributed by atoms with Crippen molar-refractivity contribution in [3.05, 3.63) is 12.2 Å². The van der Waals surface area contributed by atoms with Crippen LogP contribution in [0.3, 0.4) is 0 Å². The first-order valence-corrected chi connectivity index (χ1v) is 7.17. The maximum Gasteiger partial charge on any atom is 0.547 e. The van der Waals surface area contributed by atoms with Gasteiger partial charge in [-0.05, 0) is 0 Å². The van der Waals surface area contributed by atoms with Crippen molar-refractivity contribution in [3.63, 3.8) is 0 Å². The number of imide groups is 2. The molecule has 1 saturated heterocycles. The molecule has 0 N–H and O–H groups in total. The van der Waals surface area contributed by atoms with Gasteiger partial charge in [-0.1, -0.05) is 5.06 Å². The van der Waals surface area contributed by atoms with E-state index in [1.165, 1.54) is 0 Å². The Labute approximate surface area is 119 Å². The van der Waals surface area contributed by atoms with Gasteiger partial charge in [-0.2, -0.15) is 0 Å². The summed E-state index contributed by atoms with van der Waals surface area (Å²) < 4.78 is 5.21. The van der Waals surface area contributed by atoms with E-state index < -0.39 is 29.8 Å². The van der Waals surface area contributed by atoms with E-state index in [4.69, 9.17) is 0 Å². The van der Waals surface area contributed by atoms with Crippen LogP contribution in [0.2, 0.25) is 0 Å². The number of hydrogen-bond acceptors (Lipinski definition) is 9. The molecule has 0 bridgehead atoms. The lowest BCUT2D eigenvalue weighted by molar-refractivity contribution is -0.174. The van der Waals surface area contributed by atoms with Gasteiger partial charge in [-0.3, -0.25) is 24.0 Å². The fourth-order valence-electron chi connectivity index (χ4n) is 1.28. The van der Waals surface area contributed by atoms with Gasteiger partial charge in [0.2, 0.25) is 0 Å². The van der Waals surface area contributed by atoms with Crippen LogP contribution >= 0.6 is 22.1 Å². The lowest BCUT2D eigenvalue weighted by Crippen LogP contribution is -2.31. The molecule has 0 spiro atoms. The molecule has 2 heterocycles. The van der Waals surface area contributed by atoms with Gasteiger partial charge in [0.25, 0.3) is 23.6 Å². The maximum absolute atomic E-state index is 11.2. The average Bonchev–Trinajstić information content (AvgIpc) is 2.88. The summed E-state index contributed by atoms with van der Waals surface area (Å²) in [4.78, 5) is 60.2. The van der Waals surface area contributed by atoms with Crippen molar-refractivity contribution in [3.8, 4) is 0 Å². The van der Waals surface area contributed by atoms with Gasteiger partial charge in [0.1, 0.15) is 0 Å². The van der Waals surface area contributed by atoms with Gasteiger partial charge in [-0.15, -0.1) is 0 Å². The molecule has 0 unspecified atom stereocenters. The van der Waals surface area contributed by atoms with Crippen LogP contribution in [-0.4, -0.2) is 39.2 Å². The van der Waals surface area contributed by atoms with E-state index in [0.29, 0.717) is 27.1 Å². The fourth-order valence-corrected chi connectivity index (χ4v) is 2.61. The van der Waals surface area contributed by atoms with Gasteiger partial charge in [0.15, 0.2) is 11.1 Å². The summed E-state index contributed by atoms with van der Waals surface area (Å²) in [6.45, 7) is 0. The Balaban J connectivity index is 1.73. The van der Waals surface area contributed by atoms with Crippen LogP contribution in [0.25, 0.3) is 0 Å². The second kappa shape index (κ2) is 5.96. The van der Waals surface area contributed by atoms with Crippen molar-refractivity contribution in [2.45, 2.75) is 12.8 Å². The summed E-state index contributed by atoms with van der Waals surface area (Å²) in [7, 11) is 0.565. The zero-order valence-corrected chi connectivity index (χ0v) is 11.3. The first kappa shape index (κ1) is 14.4. The minimum atomic E-state index is -1.31. The van der Waals surface area contributed by atoms with Crippen LogP contribution in [0, 0.1) is 0 Å². The smallest absolute Gasteiger partial charge is 0.344 e. The SMILES string of the molecule is O=C(OSSN1C(=O)C=CC1=O)ON1C(=O)CCC1=O. The van der Waals surface area contributed by atoms with Gasteiger partial charge in [-0.25, -0.2) is 9.10 Å². The maximum atomic E-state index is 11.2. The van der Waals surface area contributed by atoms with Crippen molar-refractivity contribution in [1.82, 2.24) is 9.37 Å². The summed E-state index contributed by atoms with van der Waals surface area (Å²) in [5.74, 6) is -2.40. The number of carbonyl (C=O) groups excluding carboxylic acids is 5. The number of nitrogens with zero attached hydrogens (tertiary/aromatic N) is 2. The third-order valence-corrected chi connectivity index (χ3v) is 3.76. The lowest BCUT2D eigenvalue weighted by Gasteiger charge is -2.12. The number of hydroxylamine groups is 2. The summed E-state index contributed by atoms with van der Waals surface area (Å²) in [5.41, 5.74) is 0. The van der Waals surface area contributed by atoms with Crippen molar-refractivity contribution in [2.24, 2.45) is 0 Å². The molecular weight excluding hydrogens is 312 g/mol. The number of amides is 4. The van der Waals surface area contributed by atoms with E-state index in [0.717, 1.165) is 16.5 Å². The standard InChI is InChI=1S/C9H6N2O7S2/c12-5-1-2-6(13)10(5)17-9(16)18-20-19-11-7(14)3-4-8(11)15/h3-4H,1-2H2. The molecule has 11 heteroatoms. The van der Waals surface area contributed by atoms with Crippen LogP contribution in [0.5, 0.6) is 0 Å². The van der Waals surface area contributed by atoms with Gasteiger partial charge in [0.05, 0.1) is 11.0 Å². The Morgan fingerprint density at radius 2 is 1.60 bits per heavy atom. The van der Waals surface area contributed by atoms with E-state index >= 15 is 0 Å². The number of hydrogen-bond donors (Lipinski definition) is 0. The second-order valence-electron chi connectivity index (χ2n) is 3.45. The summed E-state index contributed by atoms with van der Waals surface area (Å²) in [6.07, 6.45) is 0.761. The minimum absolute atomic E-state index is 0.0313. The first-order chi connectivity index (χ1) is 9.49. The molecule has 0 aromatic heterocycles. The number of carbonyl (C=O) groups is 5. The molecule has 0 radical (unpaired) electrons. The van der Waals surface area contributed by atoms with Gasteiger partial charge >= 0.3 is 6.16 Å². The predicted molar refractivity (Wildman–Crippen MR) is 64.8 cm³/mol. The molecule has 0 atom stereocenters. The van der Waals surface area contributed by atoms with Crippen LogP contribution < -0.4 is 0 Å². The molecule has 0 aromatic rings. The topological polar surface area (TPSA) is 110 Å². The minimum Gasteiger partial charge on any atom is -0.344 e. The average molecular weight is 318 g/mol. The molecule has 2 aliphatic rings. The van der Waals surface area contributed by atoms with Crippen molar-refractivity contribution in [2.75, 3.05) is 0 Å². The van der Waals surface area contributed by atoms with Crippen molar-refractivity contribution < 1.29 is 33.0 Å². The highest BCUT2D eigenvalue weighted by Gasteiger charge is 2.34. The highest BCUT2D eigenvalue weighted by atomic mass is 33.1. The van der Waals surface area contributed by atoms with E-state index in [-0.39, 0.29) is 12.8 Å². The molecule has 0 aromatic carbocycles. The van der Waals surface area contributed by atoms with E-state index in [2.05, 4.69) is 9.02 Å². The summed E-state index contributed by atoms with van der Waals surface area (Å²) in [5, 5.41) is 0.321. The van der Waals surface area contributed by atoms with E-state index in [1.54, 1.807) is 0 Å². The first-order valence-electron chi connectivity index (χ1n) is 5.14. The quantitative estimate of drug-likeness (QED) is 0.313. The highest BCUT2D eigenvalue weighted by Crippen LogP contribution is 2.30. The predicted octanol–water partition coefficient (Wildman–Crippen LogP) is 0.340. The second-order valence-corrected chi connectivity index (χ2v) is 5.13. The highest BCUT2D eigenvalue weighted by molar-refractivity contribution is 8.74. The Morgan fingerprint density at radius 3 is 2.15 bits per heavy atom. The Kier molecular flexibility index (Phi) is 4.29. The zero-order valence-electron chi connectivity index (χ0n) is 9.64. The Hall–Kier alpha value is -2.01. The molecule has 2 aliphatic heterocycles. The van der Waals surface area contributed by atoms with Crippen LogP contribution in [0.4, 0.5) is 4.79 Å². The normalized spacial score (nSPS) is 18.2. The fraction of sp³-hybridized carbons (Fsp3) is 0.222. The van der Waals surface area contributed by atoms with Crippen molar-refractivity contribution in [1.29, 1.82) is 0 Å². The monoisotopic (exact) mass is 318 g/mol. The molecule has 106 valence electrons. The van der Waals surface area contributed by atoms with E-state index in [9.17, 15) is 24.0 Å². The molecule has 1 fully saturated rings. The summed E-state index contributed by atoms with van der Waals surface area (Å²) in [6, 6.07) is 0. The Morgan fingerprint density at radius 1 is 1.05 bits per heavy atom.